The third-order valence-electron chi connectivity index (χ3n) is 2.85. The van der Waals surface area contributed by atoms with Crippen LogP contribution in [-0.4, -0.2) is 34.4 Å². The zero-order valence-corrected chi connectivity index (χ0v) is 22.3. The molecule has 2 atom stereocenters. The van der Waals surface area contributed by atoms with Crippen molar-refractivity contribution in [3.05, 3.63) is 0 Å². The van der Waals surface area contributed by atoms with E-state index in [2.05, 4.69) is 0 Å². The van der Waals surface area contributed by atoms with E-state index in [1.54, 1.807) is 69.2 Å². The molecule has 0 saturated carbocycles. The van der Waals surface area contributed by atoms with E-state index in [4.69, 9.17) is 20.8 Å². The molecule has 0 aliphatic rings. The van der Waals surface area contributed by atoms with E-state index in [0.29, 0.717) is 0 Å². The molecule has 0 N–H and O–H groups in total. The van der Waals surface area contributed by atoms with Gasteiger partial charge in [-0.3, -0.25) is 9.13 Å². The summed E-state index contributed by atoms with van der Waals surface area (Å²) in [6.45, 7) is 17.3. The molecule has 28 heavy (non-hydrogen) atoms. The summed E-state index contributed by atoms with van der Waals surface area (Å²) in [6.07, 6.45) is -1.37. The maximum Gasteiger partial charge on any atom is 0.344 e. The zero-order chi connectivity index (χ0) is 24.0. The van der Waals surface area contributed by atoms with Crippen molar-refractivity contribution >= 4 is 36.8 Å². The molecule has 0 aromatic rings. The third kappa shape index (κ3) is 10.3. The molecule has 0 aliphatic carbocycles. The van der Waals surface area contributed by atoms with Crippen molar-refractivity contribution in [2.24, 2.45) is 0 Å². The maximum atomic E-state index is 13.6. The Labute approximate surface area is 183 Å². The SMILES string of the molecule is [2H][C@](CC)(SS[C@]([2H])(CC)P(=O)(OC(C)C)OC(C)C)P(=O)(OC(C)C)OC(C)C. The fraction of sp³-hybridized carbons (Fsp3) is 1.00. The van der Waals surface area contributed by atoms with Gasteiger partial charge < -0.3 is 18.1 Å². The monoisotopic (exact) mass is 480 g/mol. The quantitative estimate of drug-likeness (QED) is 0.173. The van der Waals surface area contributed by atoms with E-state index in [0.717, 1.165) is 21.6 Å². The van der Waals surface area contributed by atoms with Gasteiger partial charge in [0.1, 0.15) is 9.93 Å². The Bertz CT molecular complexity index is 543. The number of rotatable bonds is 15. The van der Waals surface area contributed by atoms with Gasteiger partial charge in [-0.25, -0.2) is 0 Å². The molecule has 170 valence electrons. The van der Waals surface area contributed by atoms with E-state index in [-0.39, 0.29) is 12.8 Å². The summed E-state index contributed by atoms with van der Waals surface area (Å²) < 4.78 is 67.7. The van der Waals surface area contributed by atoms with Crippen LogP contribution in [0.4, 0.5) is 0 Å². The molecular formula is C18H40O6P2S2. The first-order valence-electron chi connectivity index (χ1n) is 10.8. The lowest BCUT2D eigenvalue weighted by Gasteiger charge is -2.31. The molecule has 10 heteroatoms. The molecule has 0 fully saturated rings. The van der Waals surface area contributed by atoms with Gasteiger partial charge >= 0.3 is 15.2 Å². The van der Waals surface area contributed by atoms with Crippen molar-refractivity contribution in [1.29, 1.82) is 0 Å². The fourth-order valence-corrected chi connectivity index (χ4v) is 10.9. The van der Waals surface area contributed by atoms with Crippen LogP contribution in [0.5, 0.6) is 0 Å². The summed E-state index contributed by atoms with van der Waals surface area (Å²) in [4.78, 5) is -3.40. The molecule has 0 aromatic carbocycles. The molecule has 0 amide bonds. The highest BCUT2D eigenvalue weighted by molar-refractivity contribution is 8.78. The van der Waals surface area contributed by atoms with Crippen LogP contribution in [0.15, 0.2) is 0 Å². The third-order valence-corrected chi connectivity index (χ3v) is 12.6. The number of hydrogen-bond donors (Lipinski definition) is 0. The van der Waals surface area contributed by atoms with Crippen LogP contribution in [0.3, 0.4) is 0 Å². The standard InChI is InChI=1S/C18H40O6P2S2/c1-11-17(25(19,21-13(3)4)22-14(5)6)27-28-18(12-2)26(20,23-15(7)8)24-16(9)10/h13-18H,11-12H2,1-10H3/t17-,18-/m1/s1/i17D,18D. The van der Waals surface area contributed by atoms with Crippen molar-refractivity contribution in [1.82, 2.24) is 0 Å². The van der Waals surface area contributed by atoms with Crippen molar-refractivity contribution in [3.8, 4) is 0 Å². The molecule has 0 unspecified atom stereocenters. The Hall–Kier alpha value is 1.000. The van der Waals surface area contributed by atoms with Gasteiger partial charge in [-0.05, 0) is 68.2 Å². The molecule has 0 aliphatic heterocycles. The average Bonchev–Trinajstić information content (AvgIpc) is 2.55. The molecule has 0 rings (SSSR count). The van der Waals surface area contributed by atoms with Gasteiger partial charge in [0.15, 0.2) is 0 Å². The van der Waals surface area contributed by atoms with Crippen LogP contribution < -0.4 is 0 Å². The zero-order valence-electron chi connectivity index (χ0n) is 20.9. The van der Waals surface area contributed by atoms with Gasteiger partial charge in [-0.2, -0.15) is 0 Å². The van der Waals surface area contributed by atoms with Crippen LogP contribution in [-0.2, 0) is 27.2 Å². The van der Waals surface area contributed by atoms with Gasteiger partial charge in [-0.15, -0.1) is 0 Å². The smallest absolute Gasteiger partial charge is 0.305 e. The summed E-state index contributed by atoms with van der Waals surface area (Å²) in [5.41, 5.74) is 0. The first-order valence-corrected chi connectivity index (χ1v) is 15.0. The lowest BCUT2D eigenvalue weighted by molar-refractivity contribution is 0.139. The lowest BCUT2D eigenvalue weighted by Crippen LogP contribution is -2.17. The van der Waals surface area contributed by atoms with Crippen molar-refractivity contribution in [2.75, 3.05) is 0 Å². The second kappa shape index (κ2) is 13.4. The summed E-state index contributed by atoms with van der Waals surface area (Å²) in [5, 5.41) is 0. The topological polar surface area (TPSA) is 71.1 Å². The van der Waals surface area contributed by atoms with E-state index in [9.17, 15) is 9.13 Å². The first kappa shape index (κ1) is 25.3. The van der Waals surface area contributed by atoms with Crippen LogP contribution in [0.2, 0.25) is 0 Å². The van der Waals surface area contributed by atoms with Gasteiger partial charge in [0.2, 0.25) is 0 Å². The van der Waals surface area contributed by atoms with Gasteiger partial charge in [0, 0.05) is 0 Å². The van der Waals surface area contributed by atoms with Crippen LogP contribution in [0.1, 0.15) is 84.8 Å². The Balaban J connectivity index is 6.03. The molecule has 6 nitrogen and oxygen atoms in total. The van der Waals surface area contributed by atoms with Crippen molar-refractivity contribution in [2.45, 2.75) is 116 Å². The summed E-state index contributed by atoms with van der Waals surface area (Å²) in [6, 6.07) is 0. The Morgan fingerprint density at radius 1 is 0.643 bits per heavy atom. The molecular weight excluding hydrogens is 438 g/mol. The van der Waals surface area contributed by atoms with Crippen molar-refractivity contribution < 1.29 is 30.0 Å². The van der Waals surface area contributed by atoms with Crippen LogP contribution >= 0.6 is 36.8 Å². The normalized spacial score (nSPS) is 19.1. The summed E-state index contributed by atoms with van der Waals surface area (Å²) in [7, 11) is -6.05. The Morgan fingerprint density at radius 3 is 1.00 bits per heavy atom. The molecule has 0 aromatic heterocycles. The predicted octanol–water partition coefficient (Wildman–Crippen LogP) is 7.93. The van der Waals surface area contributed by atoms with E-state index in [1.807, 2.05) is 0 Å². The second-order valence-corrected chi connectivity index (χ2v) is 14.1. The minimum Gasteiger partial charge on any atom is -0.305 e. The van der Waals surface area contributed by atoms with E-state index < -0.39 is 49.5 Å². The van der Waals surface area contributed by atoms with Gasteiger partial charge in [0.25, 0.3) is 0 Å². The Kier molecular flexibility index (Phi) is 12.1. The second-order valence-electron chi connectivity index (χ2n) is 7.27. The molecule has 0 saturated heterocycles. The van der Waals surface area contributed by atoms with Gasteiger partial charge in [0.05, 0.1) is 27.2 Å². The Morgan fingerprint density at radius 2 is 0.857 bits per heavy atom. The molecule has 0 bridgehead atoms. The molecule has 0 radical (unpaired) electrons. The first-order chi connectivity index (χ1) is 13.5. The van der Waals surface area contributed by atoms with Gasteiger partial charge in [-0.1, -0.05) is 35.4 Å². The minimum atomic E-state index is -3.90. The van der Waals surface area contributed by atoms with Crippen LogP contribution in [0, 0.1) is 0 Å². The van der Waals surface area contributed by atoms with E-state index in [1.165, 1.54) is 0 Å². The number of hydrogen-bond acceptors (Lipinski definition) is 8. The highest BCUT2D eigenvalue weighted by Gasteiger charge is 2.42. The molecule has 0 heterocycles. The maximum absolute atomic E-state index is 13.6. The predicted molar refractivity (Wildman–Crippen MR) is 123 cm³/mol. The summed E-state index contributed by atoms with van der Waals surface area (Å²) >= 11 is 0. The average molecular weight is 481 g/mol. The fourth-order valence-electron chi connectivity index (χ4n) is 2.09. The lowest BCUT2D eigenvalue weighted by atomic mass is 10.5. The minimum absolute atomic E-state index is 0.140. The summed E-state index contributed by atoms with van der Waals surface area (Å²) in [5.74, 6) is 0. The highest BCUT2D eigenvalue weighted by atomic mass is 33.1. The molecule has 0 spiro atoms. The highest BCUT2D eigenvalue weighted by Crippen LogP contribution is 2.67. The van der Waals surface area contributed by atoms with Crippen molar-refractivity contribution in [3.63, 3.8) is 0 Å². The van der Waals surface area contributed by atoms with Crippen LogP contribution in [0.25, 0.3) is 0 Å². The van der Waals surface area contributed by atoms with E-state index >= 15 is 0 Å². The largest absolute Gasteiger partial charge is 0.344 e.